The van der Waals surface area contributed by atoms with Crippen molar-refractivity contribution in [3.05, 3.63) is 58.9 Å². The van der Waals surface area contributed by atoms with E-state index < -0.39 is 29.0 Å². The fourth-order valence-corrected chi connectivity index (χ4v) is 3.81. The molecule has 0 radical (unpaired) electrons. The predicted octanol–water partition coefficient (Wildman–Crippen LogP) is 4.94. The second-order valence-electron chi connectivity index (χ2n) is 8.09. The molecule has 0 heterocycles. The molecule has 2 aromatic rings. The van der Waals surface area contributed by atoms with Gasteiger partial charge in [-0.05, 0) is 62.1 Å². The number of hydrogen-bond acceptors (Lipinski definition) is 4. The van der Waals surface area contributed by atoms with Crippen LogP contribution in [0.25, 0.3) is 0 Å². The number of carbonyl (C=O) groups excluding carboxylic acids is 1. The van der Waals surface area contributed by atoms with Gasteiger partial charge < -0.3 is 15.5 Å². The second-order valence-corrected chi connectivity index (χ2v) is 8.09. The lowest BCUT2D eigenvalue weighted by molar-refractivity contribution is -0.137. The Kier molecular flexibility index (Phi) is 6.92. The third kappa shape index (κ3) is 5.49. The molecule has 2 aromatic carbocycles. The Morgan fingerprint density at radius 2 is 1.72 bits per heavy atom. The lowest BCUT2D eigenvalue weighted by Gasteiger charge is -2.30. The number of rotatable bonds is 5. The molecule has 0 saturated heterocycles. The quantitative estimate of drug-likeness (QED) is 0.636. The first-order valence-corrected chi connectivity index (χ1v) is 10.2. The zero-order valence-corrected chi connectivity index (χ0v) is 17.8. The van der Waals surface area contributed by atoms with Crippen LogP contribution in [-0.2, 0) is 6.18 Å². The molecule has 170 valence electrons. The summed E-state index contributed by atoms with van der Waals surface area (Å²) in [6.45, 7) is 0. The van der Waals surface area contributed by atoms with Crippen LogP contribution in [0.2, 0.25) is 0 Å². The molecular formula is C23H24F4N4O. The largest absolute Gasteiger partial charge is 0.417 e. The van der Waals surface area contributed by atoms with E-state index in [1.54, 1.807) is 31.1 Å². The van der Waals surface area contributed by atoms with E-state index in [1.165, 1.54) is 18.2 Å². The molecule has 0 aliphatic heterocycles. The van der Waals surface area contributed by atoms with Gasteiger partial charge in [0, 0.05) is 37.6 Å². The van der Waals surface area contributed by atoms with Crippen molar-refractivity contribution in [2.75, 3.05) is 24.3 Å². The average Bonchev–Trinajstić information content (AvgIpc) is 2.74. The highest BCUT2D eigenvalue weighted by atomic mass is 19.4. The Labute approximate surface area is 184 Å². The molecule has 1 aliphatic carbocycles. The average molecular weight is 448 g/mol. The molecule has 2 N–H and O–H groups in total. The molecule has 0 bridgehead atoms. The number of alkyl halides is 3. The molecule has 0 spiro atoms. The van der Waals surface area contributed by atoms with Gasteiger partial charge in [0.25, 0.3) is 5.91 Å². The molecule has 0 atom stereocenters. The van der Waals surface area contributed by atoms with E-state index in [1.807, 2.05) is 0 Å². The van der Waals surface area contributed by atoms with Gasteiger partial charge in [0.15, 0.2) is 0 Å². The summed E-state index contributed by atoms with van der Waals surface area (Å²) in [5.41, 5.74) is -0.448. The summed E-state index contributed by atoms with van der Waals surface area (Å²) in [7, 11) is 3.56. The maximum Gasteiger partial charge on any atom is 0.417 e. The number of halogens is 4. The topological polar surface area (TPSA) is 68.2 Å². The van der Waals surface area contributed by atoms with Gasteiger partial charge in [-0.3, -0.25) is 4.79 Å². The van der Waals surface area contributed by atoms with Crippen molar-refractivity contribution < 1.29 is 22.4 Å². The van der Waals surface area contributed by atoms with E-state index in [2.05, 4.69) is 10.6 Å². The van der Waals surface area contributed by atoms with Gasteiger partial charge in [-0.1, -0.05) is 0 Å². The molecule has 1 saturated carbocycles. The smallest absolute Gasteiger partial charge is 0.382 e. The van der Waals surface area contributed by atoms with Crippen molar-refractivity contribution in [2.45, 2.75) is 43.9 Å². The summed E-state index contributed by atoms with van der Waals surface area (Å²) in [5.74, 6) is -1.07. The van der Waals surface area contributed by atoms with Gasteiger partial charge >= 0.3 is 6.18 Å². The minimum atomic E-state index is -4.61. The maximum absolute atomic E-state index is 14.3. The van der Waals surface area contributed by atoms with Crippen LogP contribution < -0.4 is 15.5 Å². The van der Waals surface area contributed by atoms with E-state index >= 15 is 0 Å². The zero-order chi connectivity index (χ0) is 23.5. The Hall–Kier alpha value is -3.28. The van der Waals surface area contributed by atoms with Crippen molar-refractivity contribution in [3.63, 3.8) is 0 Å². The zero-order valence-electron chi connectivity index (χ0n) is 17.8. The Morgan fingerprint density at radius 1 is 1.06 bits per heavy atom. The number of amides is 1. The van der Waals surface area contributed by atoms with Crippen LogP contribution >= 0.6 is 0 Å². The van der Waals surface area contributed by atoms with Crippen LogP contribution in [0.4, 0.5) is 28.9 Å². The van der Waals surface area contributed by atoms with Crippen molar-refractivity contribution in [2.24, 2.45) is 0 Å². The Balaban J connectivity index is 1.57. The molecule has 9 heteroatoms. The maximum atomic E-state index is 14.3. The molecule has 0 unspecified atom stereocenters. The molecule has 1 fully saturated rings. The van der Waals surface area contributed by atoms with E-state index in [4.69, 9.17) is 5.26 Å². The monoisotopic (exact) mass is 448 g/mol. The van der Waals surface area contributed by atoms with Gasteiger partial charge in [0.05, 0.1) is 22.8 Å². The minimum absolute atomic E-state index is 0.0203. The Bertz CT molecular complexity index is 1020. The summed E-state index contributed by atoms with van der Waals surface area (Å²) < 4.78 is 53.7. The van der Waals surface area contributed by atoms with Gasteiger partial charge in [-0.25, -0.2) is 4.39 Å². The number of hydrogen-bond donors (Lipinski definition) is 2. The SMILES string of the molecule is CN(C)c1ccc(C(=O)N[C@H]2CC[C@@H](Nc3ccc(C#N)c(C(F)(F)F)c3)CC2)c(F)c1. The highest BCUT2D eigenvalue weighted by molar-refractivity contribution is 5.95. The first kappa shape index (κ1) is 23.4. The van der Waals surface area contributed by atoms with Crippen LogP contribution in [-0.4, -0.2) is 32.1 Å². The molecule has 0 aromatic heterocycles. The first-order chi connectivity index (χ1) is 15.1. The van der Waals surface area contributed by atoms with Crippen molar-refractivity contribution in [1.82, 2.24) is 5.32 Å². The third-order valence-electron chi connectivity index (χ3n) is 5.59. The molecule has 1 aliphatic rings. The summed E-state index contributed by atoms with van der Waals surface area (Å²) in [6.07, 6.45) is -2.11. The fourth-order valence-electron chi connectivity index (χ4n) is 3.81. The van der Waals surface area contributed by atoms with Gasteiger partial charge in [0.1, 0.15) is 5.82 Å². The number of anilines is 2. The fraction of sp³-hybridized carbons (Fsp3) is 0.391. The number of nitrogens with zero attached hydrogens (tertiary/aromatic N) is 2. The number of carbonyl (C=O) groups is 1. The molecule has 3 rings (SSSR count). The predicted molar refractivity (Wildman–Crippen MR) is 114 cm³/mol. The van der Waals surface area contributed by atoms with E-state index in [0.29, 0.717) is 37.1 Å². The van der Waals surface area contributed by atoms with Crippen LogP contribution in [0.5, 0.6) is 0 Å². The van der Waals surface area contributed by atoms with Gasteiger partial charge in [0.2, 0.25) is 0 Å². The number of nitriles is 1. The highest BCUT2D eigenvalue weighted by Crippen LogP contribution is 2.34. The third-order valence-corrected chi connectivity index (χ3v) is 5.59. The van der Waals surface area contributed by atoms with Crippen LogP contribution in [0.15, 0.2) is 36.4 Å². The summed E-state index contributed by atoms with van der Waals surface area (Å²) in [5, 5.41) is 14.8. The van der Waals surface area contributed by atoms with E-state index in [9.17, 15) is 22.4 Å². The normalized spacial score (nSPS) is 18.5. The van der Waals surface area contributed by atoms with Crippen molar-refractivity contribution in [1.29, 1.82) is 5.26 Å². The van der Waals surface area contributed by atoms with Crippen molar-refractivity contribution >= 4 is 17.3 Å². The lowest BCUT2D eigenvalue weighted by Crippen LogP contribution is -2.40. The summed E-state index contributed by atoms with van der Waals surface area (Å²) in [4.78, 5) is 14.2. The molecular weight excluding hydrogens is 424 g/mol. The standard InChI is InChI=1S/C23H24F4N4O/c1-31(2)18-9-10-19(21(24)12-18)22(32)30-16-7-5-15(6-8-16)29-17-4-3-14(13-28)20(11-17)23(25,26)27/h3-4,9-12,15-16,29H,5-8H2,1-2H3,(H,30,32)/t15-,16+. The van der Waals surface area contributed by atoms with Gasteiger partial charge in [-0.2, -0.15) is 18.4 Å². The molecule has 1 amide bonds. The lowest BCUT2D eigenvalue weighted by atomic mass is 9.90. The van der Waals surface area contributed by atoms with Gasteiger partial charge in [-0.15, -0.1) is 0 Å². The molecule has 32 heavy (non-hydrogen) atoms. The van der Waals surface area contributed by atoms with Crippen LogP contribution in [0.3, 0.4) is 0 Å². The minimum Gasteiger partial charge on any atom is -0.382 e. The molecule has 5 nitrogen and oxygen atoms in total. The highest BCUT2D eigenvalue weighted by Gasteiger charge is 2.34. The summed E-state index contributed by atoms with van der Waals surface area (Å²) in [6, 6.07) is 9.37. The first-order valence-electron chi connectivity index (χ1n) is 10.2. The number of nitrogens with one attached hydrogen (secondary N) is 2. The number of benzene rings is 2. The van der Waals surface area contributed by atoms with E-state index in [-0.39, 0.29) is 17.6 Å². The van der Waals surface area contributed by atoms with E-state index in [0.717, 1.165) is 12.1 Å². The summed E-state index contributed by atoms with van der Waals surface area (Å²) >= 11 is 0. The van der Waals surface area contributed by atoms with Crippen molar-refractivity contribution in [3.8, 4) is 6.07 Å². The van der Waals surface area contributed by atoms with Crippen LogP contribution in [0, 0.1) is 17.1 Å². The Morgan fingerprint density at radius 3 is 2.28 bits per heavy atom. The van der Waals surface area contributed by atoms with Crippen LogP contribution in [0.1, 0.15) is 47.2 Å². The second kappa shape index (κ2) is 9.47.